The van der Waals surface area contributed by atoms with Crippen LogP contribution < -0.4 is 5.32 Å². The molecule has 1 aromatic rings. The van der Waals surface area contributed by atoms with E-state index in [-0.39, 0.29) is 23.0 Å². The number of anilines is 1. The summed E-state index contributed by atoms with van der Waals surface area (Å²) in [5.74, 6) is -0.0155. The number of hydrogen-bond donors (Lipinski definition) is 1. The van der Waals surface area contributed by atoms with E-state index in [9.17, 15) is 20.2 Å². The third-order valence-electron chi connectivity index (χ3n) is 2.43. The van der Waals surface area contributed by atoms with Gasteiger partial charge in [0, 0.05) is 19.2 Å². The van der Waals surface area contributed by atoms with E-state index in [0.29, 0.717) is 5.56 Å². The van der Waals surface area contributed by atoms with Crippen molar-refractivity contribution in [2.24, 2.45) is 0 Å². The first kappa shape index (κ1) is 12.9. The lowest BCUT2D eigenvalue weighted by Gasteiger charge is -2.08. The Balaban J connectivity index is 3.57. The molecule has 0 atom stereocenters. The fourth-order valence-electron chi connectivity index (χ4n) is 1.51. The van der Waals surface area contributed by atoms with Crippen LogP contribution >= 0.6 is 0 Å². The van der Waals surface area contributed by atoms with Crippen molar-refractivity contribution in [3.8, 4) is 0 Å². The molecular weight excluding hydrogens is 226 g/mol. The lowest BCUT2D eigenvalue weighted by Crippen LogP contribution is -2.03. The van der Waals surface area contributed by atoms with Crippen LogP contribution in [0.5, 0.6) is 0 Å². The molecule has 7 heteroatoms. The van der Waals surface area contributed by atoms with Crippen LogP contribution in [0.15, 0.2) is 12.1 Å². The molecule has 0 aliphatic carbocycles. The van der Waals surface area contributed by atoms with Gasteiger partial charge in [0.2, 0.25) is 0 Å². The van der Waals surface area contributed by atoms with Gasteiger partial charge < -0.3 is 5.32 Å². The third-order valence-corrected chi connectivity index (χ3v) is 2.43. The molecule has 1 N–H and O–H groups in total. The third kappa shape index (κ3) is 2.49. The van der Waals surface area contributed by atoms with Gasteiger partial charge in [0.05, 0.1) is 9.85 Å². The maximum Gasteiger partial charge on any atom is 0.299 e. The smallest absolute Gasteiger partial charge is 0.299 e. The lowest BCUT2D eigenvalue weighted by molar-refractivity contribution is -0.392. The second-order valence-corrected chi connectivity index (χ2v) is 3.85. The molecule has 0 aliphatic rings. The van der Waals surface area contributed by atoms with E-state index in [1.54, 1.807) is 0 Å². The van der Waals surface area contributed by atoms with Gasteiger partial charge in [-0.05, 0) is 11.5 Å². The predicted octanol–water partition coefficient (Wildman–Crippen LogP) is 2.67. The number of nitrogens with one attached hydrogen (secondary N) is 1. The molecular formula is C10H13N3O4. The van der Waals surface area contributed by atoms with E-state index >= 15 is 0 Å². The van der Waals surface area contributed by atoms with Crippen LogP contribution in [-0.2, 0) is 0 Å². The monoisotopic (exact) mass is 239 g/mol. The zero-order valence-corrected chi connectivity index (χ0v) is 9.76. The molecule has 1 rings (SSSR count). The van der Waals surface area contributed by atoms with Gasteiger partial charge in [0.1, 0.15) is 0 Å². The molecule has 0 heterocycles. The summed E-state index contributed by atoms with van der Waals surface area (Å²) in [5, 5.41) is 24.3. The van der Waals surface area contributed by atoms with Gasteiger partial charge >= 0.3 is 0 Å². The van der Waals surface area contributed by atoms with Gasteiger partial charge in [0.25, 0.3) is 11.4 Å². The number of nitro groups is 2. The summed E-state index contributed by atoms with van der Waals surface area (Å²) in [7, 11) is 1.42. The SMILES string of the molecule is CNc1c([N+](=O)[O-])cc(C(C)C)cc1[N+](=O)[O-]. The molecule has 17 heavy (non-hydrogen) atoms. The molecule has 92 valence electrons. The molecule has 0 unspecified atom stereocenters. The van der Waals surface area contributed by atoms with Crippen LogP contribution in [0.25, 0.3) is 0 Å². The van der Waals surface area contributed by atoms with Crippen LogP contribution in [0.2, 0.25) is 0 Å². The number of rotatable bonds is 4. The van der Waals surface area contributed by atoms with E-state index in [4.69, 9.17) is 0 Å². The Morgan fingerprint density at radius 1 is 1.12 bits per heavy atom. The van der Waals surface area contributed by atoms with Crippen LogP contribution in [0.1, 0.15) is 25.3 Å². The van der Waals surface area contributed by atoms with Crippen LogP contribution in [0, 0.1) is 20.2 Å². The van der Waals surface area contributed by atoms with Crippen molar-refractivity contribution < 1.29 is 9.85 Å². The molecule has 0 saturated heterocycles. The van der Waals surface area contributed by atoms with Crippen LogP contribution in [0.4, 0.5) is 17.1 Å². The standard InChI is InChI=1S/C10H13N3O4/c1-6(2)7-4-8(12(14)15)10(11-3)9(5-7)13(16)17/h4-6,11H,1-3H3. The highest BCUT2D eigenvalue weighted by Crippen LogP contribution is 2.37. The van der Waals surface area contributed by atoms with Gasteiger partial charge in [-0.25, -0.2) is 0 Å². The maximum absolute atomic E-state index is 10.9. The molecule has 0 aromatic heterocycles. The van der Waals surface area contributed by atoms with Crippen molar-refractivity contribution in [2.75, 3.05) is 12.4 Å². The summed E-state index contributed by atoms with van der Waals surface area (Å²) in [4.78, 5) is 20.5. The molecule has 0 amide bonds. The average molecular weight is 239 g/mol. The average Bonchev–Trinajstić information content (AvgIpc) is 2.26. The second kappa shape index (κ2) is 4.77. The molecule has 7 nitrogen and oxygen atoms in total. The molecule has 1 aromatic carbocycles. The summed E-state index contributed by atoms with van der Waals surface area (Å²) in [6.07, 6.45) is 0. The Morgan fingerprint density at radius 3 is 1.76 bits per heavy atom. The molecule has 0 spiro atoms. The summed E-state index contributed by atoms with van der Waals surface area (Å²) >= 11 is 0. The number of hydrogen-bond acceptors (Lipinski definition) is 5. The van der Waals surface area contributed by atoms with Gasteiger partial charge in [0.15, 0.2) is 5.69 Å². The summed E-state index contributed by atoms with van der Waals surface area (Å²) in [6, 6.07) is 2.73. The van der Waals surface area contributed by atoms with Crippen molar-refractivity contribution >= 4 is 17.1 Å². The van der Waals surface area contributed by atoms with Gasteiger partial charge in [-0.3, -0.25) is 20.2 Å². The van der Waals surface area contributed by atoms with Gasteiger partial charge in [-0.1, -0.05) is 13.8 Å². The Bertz CT molecular complexity index is 436. The first-order valence-corrected chi connectivity index (χ1v) is 5.03. The number of benzene rings is 1. The Hall–Kier alpha value is -2.18. The highest BCUT2D eigenvalue weighted by molar-refractivity contribution is 5.74. The zero-order chi connectivity index (χ0) is 13.2. The van der Waals surface area contributed by atoms with E-state index in [2.05, 4.69) is 5.32 Å². The summed E-state index contributed by atoms with van der Waals surface area (Å²) < 4.78 is 0. The topological polar surface area (TPSA) is 98.3 Å². The number of nitrogens with zero attached hydrogens (tertiary/aromatic N) is 2. The van der Waals surface area contributed by atoms with Crippen molar-refractivity contribution in [1.82, 2.24) is 0 Å². The second-order valence-electron chi connectivity index (χ2n) is 3.85. The Kier molecular flexibility index (Phi) is 3.62. The van der Waals surface area contributed by atoms with E-state index in [0.717, 1.165) is 0 Å². The fraction of sp³-hybridized carbons (Fsp3) is 0.400. The molecule has 0 fully saturated rings. The summed E-state index contributed by atoms with van der Waals surface area (Å²) in [5.41, 5.74) is -0.0393. The predicted molar refractivity (Wildman–Crippen MR) is 63.4 cm³/mol. The highest BCUT2D eigenvalue weighted by Gasteiger charge is 2.26. The minimum atomic E-state index is -0.620. The van der Waals surface area contributed by atoms with E-state index in [1.165, 1.54) is 19.2 Å². The zero-order valence-electron chi connectivity index (χ0n) is 9.76. The molecule has 0 bridgehead atoms. The van der Waals surface area contributed by atoms with Crippen molar-refractivity contribution in [2.45, 2.75) is 19.8 Å². The summed E-state index contributed by atoms with van der Waals surface area (Å²) in [6.45, 7) is 3.64. The van der Waals surface area contributed by atoms with E-state index in [1.807, 2.05) is 13.8 Å². The lowest BCUT2D eigenvalue weighted by atomic mass is 10.0. The first-order chi connectivity index (χ1) is 7.88. The number of nitro benzene ring substituents is 2. The maximum atomic E-state index is 10.9. The minimum Gasteiger partial charge on any atom is -0.377 e. The molecule has 0 radical (unpaired) electrons. The van der Waals surface area contributed by atoms with Crippen molar-refractivity contribution in [3.05, 3.63) is 37.9 Å². The molecule has 0 aliphatic heterocycles. The van der Waals surface area contributed by atoms with Gasteiger partial charge in [-0.2, -0.15) is 0 Å². The van der Waals surface area contributed by atoms with Crippen LogP contribution in [0.3, 0.4) is 0 Å². The van der Waals surface area contributed by atoms with Crippen molar-refractivity contribution in [3.63, 3.8) is 0 Å². The minimum absolute atomic E-state index is 0.0155. The highest BCUT2D eigenvalue weighted by atomic mass is 16.6. The van der Waals surface area contributed by atoms with Crippen LogP contribution in [-0.4, -0.2) is 16.9 Å². The largest absolute Gasteiger partial charge is 0.377 e. The quantitative estimate of drug-likeness (QED) is 0.643. The fourth-order valence-corrected chi connectivity index (χ4v) is 1.51. The Labute approximate surface area is 97.7 Å². The van der Waals surface area contributed by atoms with Gasteiger partial charge in [-0.15, -0.1) is 0 Å². The van der Waals surface area contributed by atoms with E-state index < -0.39 is 9.85 Å². The van der Waals surface area contributed by atoms with Crippen molar-refractivity contribution in [1.29, 1.82) is 0 Å². The Morgan fingerprint density at radius 2 is 1.53 bits per heavy atom. The molecule has 0 saturated carbocycles. The first-order valence-electron chi connectivity index (χ1n) is 5.03. The normalized spacial score (nSPS) is 10.4.